The molecule has 0 saturated carbocycles. The van der Waals surface area contributed by atoms with Crippen LogP contribution in [0.4, 0.5) is 4.79 Å². The van der Waals surface area contributed by atoms with Crippen LogP contribution in [0, 0.1) is 0 Å². The van der Waals surface area contributed by atoms with Crippen molar-refractivity contribution in [3.63, 3.8) is 0 Å². The van der Waals surface area contributed by atoms with Gasteiger partial charge in [-0.25, -0.2) is 4.79 Å². The van der Waals surface area contributed by atoms with Crippen molar-refractivity contribution in [1.82, 2.24) is 15.1 Å². The van der Waals surface area contributed by atoms with Crippen molar-refractivity contribution in [2.75, 3.05) is 32.8 Å². The van der Waals surface area contributed by atoms with Crippen molar-refractivity contribution in [1.29, 1.82) is 0 Å². The van der Waals surface area contributed by atoms with Crippen LogP contribution in [0.5, 0.6) is 0 Å². The first-order valence-corrected chi connectivity index (χ1v) is 17.3. The molecule has 0 bridgehead atoms. The number of carbonyl (C=O) groups excluding carboxylic acids is 3. The third-order valence-electron chi connectivity index (χ3n) is 9.85. The fraction of sp³-hybridized carbons (Fsp3) is 0.447. The van der Waals surface area contributed by atoms with Gasteiger partial charge in [0.2, 0.25) is 5.91 Å². The number of likely N-dealkylation sites (tertiary alicyclic amines) is 2. The van der Waals surface area contributed by atoms with Gasteiger partial charge < -0.3 is 39.0 Å². The lowest BCUT2D eigenvalue weighted by atomic mass is 9.98. The predicted octanol–water partition coefficient (Wildman–Crippen LogP) is 4.12. The second-order valence-electron chi connectivity index (χ2n) is 13.3. The van der Waals surface area contributed by atoms with Crippen LogP contribution in [0.1, 0.15) is 65.9 Å². The molecule has 4 aliphatic rings. The largest absolute Gasteiger partial charge is 0.445 e. The van der Waals surface area contributed by atoms with Crippen LogP contribution in [0.3, 0.4) is 0 Å². The van der Waals surface area contributed by atoms with Crippen molar-refractivity contribution < 1.29 is 43.2 Å². The van der Waals surface area contributed by atoms with E-state index in [2.05, 4.69) is 10.2 Å². The Morgan fingerprint density at radius 2 is 1.54 bits per heavy atom. The van der Waals surface area contributed by atoms with Crippen LogP contribution in [-0.4, -0.2) is 83.6 Å². The number of ether oxygens (including phenoxy) is 5. The van der Waals surface area contributed by atoms with Crippen LogP contribution >= 0.6 is 0 Å². The maximum Gasteiger partial charge on any atom is 0.408 e. The lowest BCUT2D eigenvalue weighted by Gasteiger charge is -2.41. The molecule has 50 heavy (non-hydrogen) atoms. The summed E-state index contributed by atoms with van der Waals surface area (Å²) >= 11 is 0. The lowest BCUT2D eigenvalue weighted by Crippen LogP contribution is -2.48. The minimum absolute atomic E-state index is 0.0243. The number of rotatable bonds is 10. The number of nitrogens with zero attached hydrogens (tertiary/aromatic N) is 2. The van der Waals surface area contributed by atoms with E-state index in [-0.39, 0.29) is 44.3 Å². The highest BCUT2D eigenvalue weighted by Crippen LogP contribution is 2.39. The van der Waals surface area contributed by atoms with Crippen LogP contribution in [0.25, 0.3) is 0 Å². The molecule has 12 nitrogen and oxygen atoms in total. The minimum Gasteiger partial charge on any atom is -0.445 e. The molecule has 2 N–H and O–H groups in total. The maximum atomic E-state index is 13.1. The fourth-order valence-electron chi connectivity index (χ4n) is 7.01. The molecule has 7 rings (SSSR count). The van der Waals surface area contributed by atoms with Crippen molar-refractivity contribution in [3.8, 4) is 0 Å². The van der Waals surface area contributed by atoms with Gasteiger partial charge in [0, 0.05) is 44.5 Å². The molecule has 4 aliphatic heterocycles. The number of aliphatic hydroxyl groups is 1. The Bertz CT molecular complexity index is 1620. The zero-order valence-corrected chi connectivity index (χ0v) is 27.9. The minimum atomic E-state index is -0.974. The Hall–Kier alpha value is -4.17. The van der Waals surface area contributed by atoms with E-state index in [4.69, 9.17) is 23.7 Å². The molecule has 3 amide bonds. The molecule has 4 fully saturated rings. The highest BCUT2D eigenvalue weighted by Gasteiger charge is 2.42. The number of hydrogen-bond acceptors (Lipinski definition) is 10. The Labute approximate surface area is 291 Å². The monoisotopic (exact) mass is 685 g/mol. The summed E-state index contributed by atoms with van der Waals surface area (Å²) < 4.78 is 30.1. The number of piperidine rings is 1. The molecule has 0 aromatic heterocycles. The standard InChI is InChI=1S/C38H43N3O9/c42-24-27-8-10-29(11-9-27)33-20-31(23-40-16-14-38(15-17-40)47-18-19-48-38)49-36(50-33)30-12-6-26(7-13-30)22-41-34(43)21-32(35(41)44)39-37(45)46-25-28-4-2-1-3-5-28/h1-13,31-33,36,42H,14-25H2,(H,39,45)/t31-,32?,33+,36+/m0/s1. The molecule has 264 valence electrons. The van der Waals surface area contributed by atoms with Gasteiger partial charge in [-0.05, 0) is 22.3 Å². The first kappa shape index (κ1) is 34.3. The topological polar surface area (TPSA) is 136 Å². The molecule has 1 unspecified atom stereocenters. The van der Waals surface area contributed by atoms with Crippen LogP contribution in [0.15, 0.2) is 78.9 Å². The summed E-state index contributed by atoms with van der Waals surface area (Å²) in [7, 11) is 0. The van der Waals surface area contributed by atoms with Crippen LogP contribution < -0.4 is 5.32 Å². The molecule has 3 aromatic carbocycles. The average molecular weight is 686 g/mol. The normalized spacial score (nSPS) is 25.3. The van der Waals surface area contributed by atoms with E-state index < -0.39 is 30.1 Å². The number of aliphatic hydroxyl groups excluding tert-OH is 1. The van der Waals surface area contributed by atoms with E-state index >= 15 is 0 Å². The van der Waals surface area contributed by atoms with Gasteiger partial charge in [-0.15, -0.1) is 0 Å². The Morgan fingerprint density at radius 3 is 2.24 bits per heavy atom. The van der Waals surface area contributed by atoms with Gasteiger partial charge in [0.1, 0.15) is 12.6 Å². The molecule has 0 aliphatic carbocycles. The molecule has 0 radical (unpaired) electrons. The van der Waals surface area contributed by atoms with Crippen LogP contribution in [0.2, 0.25) is 0 Å². The first-order chi connectivity index (χ1) is 24.4. The Morgan fingerprint density at radius 1 is 0.860 bits per heavy atom. The molecular formula is C38H43N3O9. The molecular weight excluding hydrogens is 642 g/mol. The SMILES string of the molecule is O=C(NC1CC(=O)N(Cc2ccc([C@@H]3O[C@H](CN4CCC5(CC4)OCCO5)C[C@H](c4ccc(CO)cc4)O3)cc2)C1=O)OCc1ccccc1. The van der Waals surface area contributed by atoms with Crippen molar-refractivity contribution >= 4 is 17.9 Å². The zero-order chi connectivity index (χ0) is 34.5. The van der Waals surface area contributed by atoms with Gasteiger partial charge in [-0.1, -0.05) is 78.9 Å². The summed E-state index contributed by atoms with van der Waals surface area (Å²) in [6.07, 6.45) is 0.506. The predicted molar refractivity (Wildman–Crippen MR) is 179 cm³/mol. The van der Waals surface area contributed by atoms with Crippen molar-refractivity contribution in [3.05, 3.63) is 107 Å². The molecule has 4 saturated heterocycles. The van der Waals surface area contributed by atoms with Crippen molar-refractivity contribution in [2.45, 2.75) is 75.8 Å². The highest BCUT2D eigenvalue weighted by molar-refractivity contribution is 6.06. The van der Waals surface area contributed by atoms with E-state index in [0.717, 1.165) is 65.2 Å². The van der Waals surface area contributed by atoms with E-state index in [9.17, 15) is 19.5 Å². The summed E-state index contributed by atoms with van der Waals surface area (Å²) in [6.45, 7) is 3.87. The number of carbonyl (C=O) groups is 3. The maximum absolute atomic E-state index is 13.1. The number of nitrogens with one attached hydrogen (secondary N) is 1. The average Bonchev–Trinajstić information content (AvgIpc) is 3.71. The number of hydrogen-bond donors (Lipinski definition) is 2. The van der Waals surface area contributed by atoms with Gasteiger partial charge in [0.25, 0.3) is 5.91 Å². The number of alkyl carbamates (subject to hydrolysis) is 1. The smallest absolute Gasteiger partial charge is 0.408 e. The summed E-state index contributed by atoms with van der Waals surface area (Å²) in [4.78, 5) is 41.8. The quantitative estimate of drug-likeness (QED) is 0.300. The van der Waals surface area contributed by atoms with Gasteiger partial charge in [-0.2, -0.15) is 0 Å². The lowest BCUT2D eigenvalue weighted by molar-refractivity contribution is -0.255. The highest BCUT2D eigenvalue weighted by atomic mass is 16.7. The molecule has 3 aromatic rings. The Balaban J connectivity index is 0.976. The van der Waals surface area contributed by atoms with E-state index in [1.54, 1.807) is 0 Å². The fourth-order valence-corrected chi connectivity index (χ4v) is 7.01. The Kier molecular flexibility index (Phi) is 10.5. The summed E-state index contributed by atoms with van der Waals surface area (Å²) in [5.74, 6) is -1.27. The van der Waals surface area contributed by atoms with E-state index in [0.29, 0.717) is 19.6 Å². The zero-order valence-electron chi connectivity index (χ0n) is 27.9. The van der Waals surface area contributed by atoms with Gasteiger partial charge >= 0.3 is 6.09 Å². The van der Waals surface area contributed by atoms with Crippen LogP contribution in [-0.2, 0) is 53.0 Å². The second-order valence-corrected chi connectivity index (χ2v) is 13.3. The van der Waals surface area contributed by atoms with Gasteiger partial charge in [0.05, 0.1) is 45.0 Å². The van der Waals surface area contributed by atoms with Gasteiger partial charge in [0.15, 0.2) is 12.1 Å². The van der Waals surface area contributed by atoms with Crippen molar-refractivity contribution in [2.24, 2.45) is 0 Å². The molecule has 4 heterocycles. The summed E-state index contributed by atoms with van der Waals surface area (Å²) in [5.41, 5.74) is 4.24. The molecule has 4 atom stereocenters. The first-order valence-electron chi connectivity index (χ1n) is 17.3. The summed E-state index contributed by atoms with van der Waals surface area (Å²) in [6, 6.07) is 23.6. The van der Waals surface area contributed by atoms with E-state index in [1.807, 2.05) is 78.9 Å². The van der Waals surface area contributed by atoms with Gasteiger partial charge in [-0.3, -0.25) is 14.5 Å². The third-order valence-corrected chi connectivity index (χ3v) is 9.85. The number of imide groups is 1. The second kappa shape index (κ2) is 15.4. The number of benzene rings is 3. The molecule has 1 spiro atoms. The van der Waals surface area contributed by atoms with E-state index in [1.165, 1.54) is 0 Å². The third kappa shape index (κ3) is 8.07. The molecule has 12 heteroatoms. The summed E-state index contributed by atoms with van der Waals surface area (Å²) in [5, 5.41) is 12.1. The number of amides is 3.